The van der Waals surface area contributed by atoms with Crippen LogP contribution in [0.1, 0.15) is 43.9 Å². The molecule has 70 valence electrons. The SMILES string of the molecule is CCC/C=C1\CCCc2occc21. The largest absolute Gasteiger partial charge is 0.469 e. The zero-order valence-corrected chi connectivity index (χ0v) is 8.18. The van der Waals surface area contributed by atoms with Gasteiger partial charge in [0, 0.05) is 12.0 Å². The van der Waals surface area contributed by atoms with Crippen molar-refractivity contribution >= 4 is 5.57 Å². The second-order valence-electron chi connectivity index (χ2n) is 3.63. The molecule has 0 amide bonds. The minimum atomic E-state index is 1.12. The maximum atomic E-state index is 5.43. The Morgan fingerprint density at radius 3 is 3.23 bits per heavy atom. The Bertz CT molecular complexity index is 307. The standard InChI is InChI=1S/C12H16O/c1-2-3-5-10-6-4-7-12-11(10)8-9-13-12/h5,8-9H,2-4,6-7H2,1H3/b10-5+. The van der Waals surface area contributed by atoms with E-state index in [-0.39, 0.29) is 0 Å². The highest BCUT2D eigenvalue weighted by Crippen LogP contribution is 2.31. The molecule has 1 aliphatic carbocycles. The van der Waals surface area contributed by atoms with E-state index in [0.29, 0.717) is 0 Å². The monoisotopic (exact) mass is 176 g/mol. The second kappa shape index (κ2) is 3.82. The lowest BCUT2D eigenvalue weighted by molar-refractivity contribution is 0.496. The fourth-order valence-corrected chi connectivity index (χ4v) is 1.92. The first-order valence-electron chi connectivity index (χ1n) is 5.17. The van der Waals surface area contributed by atoms with Gasteiger partial charge in [-0.2, -0.15) is 0 Å². The van der Waals surface area contributed by atoms with E-state index in [1.807, 2.05) is 6.26 Å². The second-order valence-corrected chi connectivity index (χ2v) is 3.63. The third-order valence-electron chi connectivity index (χ3n) is 2.62. The lowest BCUT2D eigenvalue weighted by Gasteiger charge is -2.13. The zero-order valence-electron chi connectivity index (χ0n) is 8.18. The number of rotatable bonds is 2. The van der Waals surface area contributed by atoms with Crippen molar-refractivity contribution in [3.8, 4) is 0 Å². The molecule has 2 rings (SSSR count). The molecule has 1 aliphatic rings. The minimum Gasteiger partial charge on any atom is -0.469 e. The molecule has 0 aliphatic heterocycles. The fourth-order valence-electron chi connectivity index (χ4n) is 1.92. The van der Waals surface area contributed by atoms with Crippen LogP contribution in [0.2, 0.25) is 0 Å². The van der Waals surface area contributed by atoms with Crippen molar-refractivity contribution in [2.45, 2.75) is 39.0 Å². The van der Waals surface area contributed by atoms with Crippen molar-refractivity contribution in [1.82, 2.24) is 0 Å². The number of aryl methyl sites for hydroxylation is 1. The van der Waals surface area contributed by atoms with Gasteiger partial charge in [0.05, 0.1) is 6.26 Å². The summed E-state index contributed by atoms with van der Waals surface area (Å²) in [5.74, 6) is 1.19. The molecule has 13 heavy (non-hydrogen) atoms. The van der Waals surface area contributed by atoms with Crippen LogP contribution >= 0.6 is 0 Å². The van der Waals surface area contributed by atoms with Crippen molar-refractivity contribution < 1.29 is 4.42 Å². The summed E-state index contributed by atoms with van der Waals surface area (Å²) >= 11 is 0. The summed E-state index contributed by atoms with van der Waals surface area (Å²) in [5.41, 5.74) is 2.86. The first-order chi connectivity index (χ1) is 6.42. The van der Waals surface area contributed by atoms with Gasteiger partial charge in [-0.1, -0.05) is 19.4 Å². The predicted octanol–water partition coefficient (Wildman–Crippen LogP) is 3.80. The van der Waals surface area contributed by atoms with Gasteiger partial charge >= 0.3 is 0 Å². The van der Waals surface area contributed by atoms with Gasteiger partial charge < -0.3 is 4.42 Å². The molecule has 0 spiro atoms. The Morgan fingerprint density at radius 1 is 1.46 bits per heavy atom. The molecular formula is C12H16O. The highest BCUT2D eigenvalue weighted by atomic mass is 16.3. The molecule has 1 nitrogen and oxygen atoms in total. The quantitative estimate of drug-likeness (QED) is 0.668. The topological polar surface area (TPSA) is 13.1 Å². The Hall–Kier alpha value is -0.980. The third kappa shape index (κ3) is 1.69. The first-order valence-corrected chi connectivity index (χ1v) is 5.17. The molecule has 0 aromatic carbocycles. The van der Waals surface area contributed by atoms with E-state index >= 15 is 0 Å². The van der Waals surface area contributed by atoms with Crippen LogP contribution in [0.3, 0.4) is 0 Å². The number of fused-ring (bicyclic) bond motifs is 1. The van der Waals surface area contributed by atoms with E-state index in [1.165, 1.54) is 42.6 Å². The molecule has 0 fully saturated rings. The molecule has 0 radical (unpaired) electrons. The van der Waals surface area contributed by atoms with Crippen LogP contribution < -0.4 is 0 Å². The highest BCUT2D eigenvalue weighted by molar-refractivity contribution is 5.68. The Balaban J connectivity index is 2.25. The van der Waals surface area contributed by atoms with Crippen LogP contribution in [-0.2, 0) is 6.42 Å². The van der Waals surface area contributed by atoms with Gasteiger partial charge in [-0.05, 0) is 30.9 Å². The molecule has 0 N–H and O–H groups in total. The van der Waals surface area contributed by atoms with E-state index in [1.54, 1.807) is 0 Å². The highest BCUT2D eigenvalue weighted by Gasteiger charge is 2.15. The number of unbranched alkanes of at least 4 members (excludes halogenated alkanes) is 1. The molecule has 1 aromatic rings. The summed E-state index contributed by atoms with van der Waals surface area (Å²) in [4.78, 5) is 0. The van der Waals surface area contributed by atoms with E-state index < -0.39 is 0 Å². The number of hydrogen-bond acceptors (Lipinski definition) is 1. The Morgan fingerprint density at radius 2 is 2.38 bits per heavy atom. The molecule has 0 bridgehead atoms. The molecule has 0 saturated carbocycles. The number of furan rings is 1. The van der Waals surface area contributed by atoms with Gasteiger partial charge in [0.2, 0.25) is 0 Å². The molecule has 0 unspecified atom stereocenters. The average molecular weight is 176 g/mol. The fraction of sp³-hybridized carbons (Fsp3) is 0.500. The van der Waals surface area contributed by atoms with Gasteiger partial charge in [0.1, 0.15) is 5.76 Å². The summed E-state index contributed by atoms with van der Waals surface area (Å²) in [7, 11) is 0. The van der Waals surface area contributed by atoms with Crippen LogP contribution in [0.5, 0.6) is 0 Å². The van der Waals surface area contributed by atoms with Crippen molar-refractivity contribution in [1.29, 1.82) is 0 Å². The summed E-state index contributed by atoms with van der Waals surface area (Å²) in [5, 5.41) is 0. The molecular weight excluding hydrogens is 160 g/mol. The van der Waals surface area contributed by atoms with Crippen molar-refractivity contribution in [2.24, 2.45) is 0 Å². The number of hydrogen-bond donors (Lipinski definition) is 0. The van der Waals surface area contributed by atoms with Gasteiger partial charge in [-0.15, -0.1) is 0 Å². The molecule has 0 atom stereocenters. The van der Waals surface area contributed by atoms with Crippen LogP contribution in [0, 0.1) is 0 Å². The van der Waals surface area contributed by atoms with Crippen LogP contribution in [0.15, 0.2) is 22.8 Å². The average Bonchev–Trinajstić information content (AvgIpc) is 2.62. The summed E-state index contributed by atoms with van der Waals surface area (Å²) in [6.07, 6.45) is 10.2. The van der Waals surface area contributed by atoms with Crippen LogP contribution in [0.25, 0.3) is 5.57 Å². The molecule has 1 heteroatoms. The summed E-state index contributed by atoms with van der Waals surface area (Å²) in [6, 6.07) is 2.11. The summed E-state index contributed by atoms with van der Waals surface area (Å²) < 4.78 is 5.43. The zero-order chi connectivity index (χ0) is 9.10. The Kier molecular flexibility index (Phi) is 2.53. The van der Waals surface area contributed by atoms with E-state index in [0.717, 1.165) is 6.42 Å². The van der Waals surface area contributed by atoms with E-state index in [2.05, 4.69) is 19.1 Å². The van der Waals surface area contributed by atoms with Gasteiger partial charge in [0.15, 0.2) is 0 Å². The minimum absolute atomic E-state index is 1.12. The molecule has 1 aromatic heterocycles. The van der Waals surface area contributed by atoms with Crippen molar-refractivity contribution in [3.05, 3.63) is 29.7 Å². The van der Waals surface area contributed by atoms with Gasteiger partial charge in [-0.25, -0.2) is 0 Å². The molecule has 0 saturated heterocycles. The lowest BCUT2D eigenvalue weighted by Crippen LogP contribution is -1.97. The van der Waals surface area contributed by atoms with E-state index in [9.17, 15) is 0 Å². The van der Waals surface area contributed by atoms with E-state index in [4.69, 9.17) is 4.42 Å². The predicted molar refractivity (Wildman–Crippen MR) is 54.5 cm³/mol. The molecule has 1 heterocycles. The van der Waals surface area contributed by atoms with Gasteiger partial charge in [-0.3, -0.25) is 0 Å². The normalized spacial score (nSPS) is 19.0. The van der Waals surface area contributed by atoms with Gasteiger partial charge in [0.25, 0.3) is 0 Å². The third-order valence-corrected chi connectivity index (χ3v) is 2.62. The lowest BCUT2D eigenvalue weighted by atomic mass is 9.92. The summed E-state index contributed by atoms with van der Waals surface area (Å²) in [6.45, 7) is 2.22. The van der Waals surface area contributed by atoms with Crippen LogP contribution in [0.4, 0.5) is 0 Å². The smallest absolute Gasteiger partial charge is 0.111 e. The maximum absolute atomic E-state index is 5.43. The Labute approximate surface area is 79.4 Å². The van der Waals surface area contributed by atoms with Crippen molar-refractivity contribution in [2.75, 3.05) is 0 Å². The van der Waals surface area contributed by atoms with Crippen molar-refractivity contribution in [3.63, 3.8) is 0 Å². The van der Waals surface area contributed by atoms with Crippen LogP contribution in [-0.4, -0.2) is 0 Å². The maximum Gasteiger partial charge on any atom is 0.111 e. The number of allylic oxidation sites excluding steroid dienone is 2. The first kappa shape index (κ1) is 8.61.